The second kappa shape index (κ2) is 12.1. The molecule has 4 heteroatoms. The molecule has 1 aromatic carbocycles. The lowest BCUT2D eigenvalue weighted by atomic mass is 9.99. The number of benzene rings is 1. The fourth-order valence-corrected chi connectivity index (χ4v) is 3.42. The summed E-state index contributed by atoms with van der Waals surface area (Å²) >= 11 is 0. The number of allylic oxidation sites excluding steroid dienone is 3. The van der Waals surface area contributed by atoms with E-state index in [1.807, 2.05) is 19.2 Å². The van der Waals surface area contributed by atoms with Gasteiger partial charge in [-0.2, -0.15) is 0 Å². The normalized spacial score (nSPS) is 19.5. The van der Waals surface area contributed by atoms with E-state index < -0.39 is 0 Å². The molecule has 0 aliphatic heterocycles. The van der Waals surface area contributed by atoms with Gasteiger partial charge in [-0.1, -0.05) is 44.6 Å². The van der Waals surface area contributed by atoms with E-state index in [1.165, 1.54) is 11.1 Å². The standard InChI is InChI=1S/C25H32FN3/c1-5-7-8-10-22-15-21(11-12-25(22)26)24-16-23(24)20(6-2)18-29-19(3)17-28-14-9-13-27-4/h6,9,11-15,18,23-24H,3-5,7-8,10,16-17H2,1-2H3/b13-9-,20-6+,28-14?,29-18?. The summed E-state index contributed by atoms with van der Waals surface area (Å²) in [6.45, 7) is 12.0. The van der Waals surface area contributed by atoms with Gasteiger partial charge in [0.25, 0.3) is 0 Å². The Morgan fingerprint density at radius 1 is 1.31 bits per heavy atom. The molecule has 1 aliphatic carbocycles. The van der Waals surface area contributed by atoms with Crippen molar-refractivity contribution in [1.29, 1.82) is 0 Å². The summed E-state index contributed by atoms with van der Waals surface area (Å²) in [5.74, 6) is 0.807. The highest BCUT2D eigenvalue weighted by Gasteiger charge is 2.40. The number of hydrogen-bond acceptors (Lipinski definition) is 3. The Balaban J connectivity index is 1.94. The minimum Gasteiger partial charge on any atom is -0.287 e. The highest BCUT2D eigenvalue weighted by molar-refractivity contribution is 5.81. The monoisotopic (exact) mass is 393 g/mol. The van der Waals surface area contributed by atoms with Crippen molar-refractivity contribution < 1.29 is 4.39 Å². The summed E-state index contributed by atoms with van der Waals surface area (Å²) in [7, 11) is 0. The van der Waals surface area contributed by atoms with Crippen molar-refractivity contribution in [2.24, 2.45) is 20.9 Å². The summed E-state index contributed by atoms with van der Waals surface area (Å²) in [4.78, 5) is 12.3. The molecule has 0 bridgehead atoms. The van der Waals surface area contributed by atoms with Crippen LogP contribution >= 0.6 is 0 Å². The highest BCUT2D eigenvalue weighted by Crippen LogP contribution is 2.51. The lowest BCUT2D eigenvalue weighted by molar-refractivity contribution is 0.597. The lowest BCUT2D eigenvalue weighted by Crippen LogP contribution is -1.96. The molecule has 2 rings (SSSR count). The zero-order chi connectivity index (χ0) is 21.1. The smallest absolute Gasteiger partial charge is 0.126 e. The number of rotatable bonds is 12. The van der Waals surface area contributed by atoms with Gasteiger partial charge in [0, 0.05) is 18.6 Å². The van der Waals surface area contributed by atoms with Crippen LogP contribution in [0.4, 0.5) is 4.39 Å². The molecule has 1 aromatic rings. The Labute approximate surface area is 174 Å². The van der Waals surface area contributed by atoms with Crippen molar-refractivity contribution >= 4 is 19.1 Å². The molecule has 0 heterocycles. The van der Waals surface area contributed by atoms with Crippen molar-refractivity contribution in [1.82, 2.24) is 0 Å². The minimum atomic E-state index is -0.0783. The molecular formula is C25H32FN3. The van der Waals surface area contributed by atoms with Crippen LogP contribution in [0.2, 0.25) is 0 Å². The maximum absolute atomic E-state index is 14.1. The van der Waals surface area contributed by atoms with Crippen molar-refractivity contribution in [3.05, 3.63) is 71.3 Å². The van der Waals surface area contributed by atoms with Crippen molar-refractivity contribution in [3.8, 4) is 0 Å². The van der Waals surface area contributed by atoms with Crippen LogP contribution < -0.4 is 0 Å². The third-order valence-corrected chi connectivity index (χ3v) is 5.15. The van der Waals surface area contributed by atoms with Crippen molar-refractivity contribution in [3.63, 3.8) is 0 Å². The maximum Gasteiger partial charge on any atom is 0.126 e. The number of nitrogens with zero attached hydrogens (tertiary/aromatic N) is 3. The number of aryl methyl sites for hydroxylation is 1. The quantitative estimate of drug-likeness (QED) is 0.288. The largest absolute Gasteiger partial charge is 0.287 e. The van der Waals surface area contributed by atoms with Gasteiger partial charge in [-0.15, -0.1) is 0 Å². The third kappa shape index (κ3) is 7.37. The molecule has 0 amide bonds. The summed E-state index contributed by atoms with van der Waals surface area (Å²) in [5, 5.41) is 0. The number of unbranched alkanes of at least 4 members (excludes halogenated alkanes) is 2. The molecule has 0 N–H and O–H groups in total. The van der Waals surface area contributed by atoms with Gasteiger partial charge in [0.05, 0.1) is 12.2 Å². The molecule has 1 fully saturated rings. The van der Waals surface area contributed by atoms with Crippen LogP contribution in [0.5, 0.6) is 0 Å². The molecule has 1 saturated carbocycles. The summed E-state index contributed by atoms with van der Waals surface area (Å²) in [6, 6.07) is 5.64. The predicted octanol–water partition coefficient (Wildman–Crippen LogP) is 6.48. The SMILES string of the molecule is C=N/C=C\C=NCC(=C)N=C/C(=C\C)C1CC1c1ccc(F)c(CCCCC)c1. The first kappa shape index (κ1) is 22.7. The third-order valence-electron chi connectivity index (χ3n) is 5.15. The average molecular weight is 394 g/mol. The Kier molecular flexibility index (Phi) is 9.42. The number of halogens is 1. The van der Waals surface area contributed by atoms with Crippen molar-refractivity contribution in [2.75, 3.05) is 6.54 Å². The van der Waals surface area contributed by atoms with Gasteiger partial charge >= 0.3 is 0 Å². The van der Waals surface area contributed by atoms with Crippen LogP contribution in [0.3, 0.4) is 0 Å². The molecule has 2 unspecified atom stereocenters. The molecule has 3 nitrogen and oxygen atoms in total. The number of hydrogen-bond donors (Lipinski definition) is 0. The molecule has 0 spiro atoms. The Hall–Kier alpha value is -2.62. The molecule has 0 radical (unpaired) electrons. The highest BCUT2D eigenvalue weighted by atomic mass is 19.1. The molecular weight excluding hydrogens is 361 g/mol. The van der Waals surface area contributed by atoms with Crippen LogP contribution in [-0.2, 0) is 6.42 Å². The zero-order valence-electron chi connectivity index (χ0n) is 17.6. The van der Waals surface area contributed by atoms with E-state index in [2.05, 4.69) is 47.3 Å². The van der Waals surface area contributed by atoms with E-state index in [1.54, 1.807) is 24.6 Å². The summed E-state index contributed by atoms with van der Waals surface area (Å²) in [6.07, 6.45) is 14.2. The van der Waals surface area contributed by atoms with Gasteiger partial charge in [0.15, 0.2) is 0 Å². The molecule has 1 aliphatic rings. The van der Waals surface area contributed by atoms with Crippen LogP contribution in [0.15, 0.2) is 69.4 Å². The fraction of sp³-hybridized carbons (Fsp3) is 0.400. The number of aliphatic imine (C=N–C) groups is 3. The average Bonchev–Trinajstić information content (AvgIpc) is 3.50. The van der Waals surface area contributed by atoms with E-state index >= 15 is 0 Å². The summed E-state index contributed by atoms with van der Waals surface area (Å²) < 4.78 is 14.1. The topological polar surface area (TPSA) is 37.1 Å². The van der Waals surface area contributed by atoms with Gasteiger partial charge in [-0.25, -0.2) is 4.39 Å². The molecule has 29 heavy (non-hydrogen) atoms. The molecule has 0 saturated heterocycles. The van der Waals surface area contributed by atoms with Gasteiger partial charge in [0.2, 0.25) is 0 Å². The van der Waals surface area contributed by atoms with Crippen LogP contribution in [0, 0.1) is 11.7 Å². The molecule has 2 atom stereocenters. The maximum atomic E-state index is 14.1. The Morgan fingerprint density at radius 3 is 2.86 bits per heavy atom. The van der Waals surface area contributed by atoms with E-state index in [4.69, 9.17) is 0 Å². The van der Waals surface area contributed by atoms with E-state index in [0.717, 1.165) is 37.7 Å². The first-order valence-electron chi connectivity index (χ1n) is 10.4. The predicted molar refractivity (Wildman–Crippen MR) is 124 cm³/mol. The van der Waals surface area contributed by atoms with E-state index in [9.17, 15) is 4.39 Å². The van der Waals surface area contributed by atoms with Crippen LogP contribution in [0.1, 0.15) is 56.6 Å². The van der Waals surface area contributed by atoms with E-state index in [0.29, 0.717) is 24.1 Å². The lowest BCUT2D eigenvalue weighted by Gasteiger charge is -2.07. The van der Waals surface area contributed by atoms with Gasteiger partial charge < -0.3 is 0 Å². The van der Waals surface area contributed by atoms with Crippen LogP contribution in [0.25, 0.3) is 0 Å². The zero-order valence-corrected chi connectivity index (χ0v) is 17.6. The van der Waals surface area contributed by atoms with Gasteiger partial charge in [-0.05, 0) is 73.6 Å². The van der Waals surface area contributed by atoms with Gasteiger partial charge in [0.1, 0.15) is 5.82 Å². The Bertz CT molecular complexity index is 817. The van der Waals surface area contributed by atoms with E-state index in [-0.39, 0.29) is 5.82 Å². The van der Waals surface area contributed by atoms with Gasteiger partial charge in [-0.3, -0.25) is 15.0 Å². The fourth-order valence-electron chi connectivity index (χ4n) is 3.42. The van der Waals surface area contributed by atoms with Crippen molar-refractivity contribution in [2.45, 2.75) is 51.9 Å². The molecule has 0 aromatic heterocycles. The first-order valence-corrected chi connectivity index (χ1v) is 10.4. The minimum absolute atomic E-state index is 0.0783. The second-order valence-electron chi connectivity index (χ2n) is 7.38. The second-order valence-corrected chi connectivity index (χ2v) is 7.38. The first-order chi connectivity index (χ1) is 14.1. The molecule has 154 valence electrons. The Morgan fingerprint density at radius 2 is 2.14 bits per heavy atom. The summed E-state index contributed by atoms with van der Waals surface area (Å²) in [5.41, 5.74) is 4.00. The van der Waals surface area contributed by atoms with Crippen LogP contribution in [-0.4, -0.2) is 25.7 Å².